The molecule has 0 spiro atoms. The van der Waals surface area contributed by atoms with Gasteiger partial charge in [0.05, 0.1) is 10.6 Å². The largest absolute Gasteiger partial charge is 0.367 e. The van der Waals surface area contributed by atoms with Crippen LogP contribution in [0.5, 0.6) is 0 Å². The molecule has 4 N–H and O–H groups in total. The second-order valence-electron chi connectivity index (χ2n) is 9.46. The van der Waals surface area contributed by atoms with Gasteiger partial charge in [-0.25, -0.2) is 18.5 Å². The number of fused-ring (bicyclic) bond motifs is 1. The summed E-state index contributed by atoms with van der Waals surface area (Å²) in [5.41, 5.74) is 6.39. The highest BCUT2D eigenvalue weighted by Crippen LogP contribution is 2.33. The summed E-state index contributed by atoms with van der Waals surface area (Å²) < 4.78 is 22.9. The smallest absolute Gasteiger partial charge is 0.251 e. The topological polar surface area (TPSA) is 117 Å². The molecule has 1 aliphatic heterocycles. The lowest BCUT2D eigenvalue weighted by atomic mass is 10.0. The van der Waals surface area contributed by atoms with Gasteiger partial charge in [0.2, 0.25) is 10.0 Å². The minimum absolute atomic E-state index is 0.0282. The van der Waals surface area contributed by atoms with Crippen molar-refractivity contribution in [3.05, 3.63) is 106 Å². The van der Waals surface area contributed by atoms with Gasteiger partial charge in [-0.15, -0.1) is 0 Å². The second-order valence-corrected chi connectivity index (χ2v) is 11.5. The van der Waals surface area contributed by atoms with E-state index in [2.05, 4.69) is 33.5 Å². The van der Waals surface area contributed by atoms with Crippen LogP contribution in [0.3, 0.4) is 0 Å². The van der Waals surface area contributed by atoms with Crippen LogP contribution in [-0.2, 0) is 23.1 Å². The monoisotopic (exact) mass is 561 g/mol. The average Bonchev–Trinajstić information content (AvgIpc) is 2.93. The summed E-state index contributed by atoms with van der Waals surface area (Å²) in [5, 5.41) is 12.1. The number of nitrogens with one attached hydrogen (secondary N) is 2. The number of benzene rings is 3. The highest BCUT2D eigenvalue weighted by atomic mass is 35.5. The van der Waals surface area contributed by atoms with Crippen LogP contribution in [0, 0.1) is 6.92 Å². The van der Waals surface area contributed by atoms with E-state index in [-0.39, 0.29) is 17.3 Å². The first-order valence-corrected chi connectivity index (χ1v) is 14.3. The molecule has 0 saturated heterocycles. The van der Waals surface area contributed by atoms with Crippen molar-refractivity contribution < 1.29 is 13.2 Å². The summed E-state index contributed by atoms with van der Waals surface area (Å²) in [6.07, 6.45) is 1.81. The summed E-state index contributed by atoms with van der Waals surface area (Å²) in [4.78, 5) is 19.9. The number of nitrogens with two attached hydrogens (primary N) is 1. The Morgan fingerprint density at radius 2 is 1.87 bits per heavy atom. The van der Waals surface area contributed by atoms with Crippen molar-refractivity contribution in [3.8, 4) is 11.1 Å². The first kappa shape index (κ1) is 26.7. The van der Waals surface area contributed by atoms with Gasteiger partial charge in [0.25, 0.3) is 5.91 Å². The molecule has 0 atom stereocenters. The summed E-state index contributed by atoms with van der Waals surface area (Å²) >= 11 is 6.26. The molecule has 0 unspecified atom stereocenters. The van der Waals surface area contributed by atoms with Crippen LogP contribution in [-0.4, -0.2) is 32.4 Å². The molecule has 0 fully saturated rings. The number of halogens is 1. The number of nitrogens with zero attached hydrogens (tertiary/aromatic N) is 2. The first-order valence-electron chi connectivity index (χ1n) is 12.4. The molecule has 3 aromatic carbocycles. The third kappa shape index (κ3) is 6.22. The van der Waals surface area contributed by atoms with Gasteiger partial charge in [0, 0.05) is 48.5 Å². The predicted molar refractivity (Wildman–Crippen MR) is 154 cm³/mol. The van der Waals surface area contributed by atoms with Crippen molar-refractivity contribution >= 4 is 39.0 Å². The van der Waals surface area contributed by atoms with Crippen molar-refractivity contribution in [1.29, 1.82) is 0 Å². The van der Waals surface area contributed by atoms with E-state index in [1.54, 1.807) is 18.2 Å². The highest BCUT2D eigenvalue weighted by molar-refractivity contribution is 7.89. The van der Waals surface area contributed by atoms with Crippen LogP contribution in [0.1, 0.15) is 27.0 Å². The Kier molecular flexibility index (Phi) is 7.56. The Morgan fingerprint density at radius 3 is 2.64 bits per heavy atom. The Labute approximate surface area is 232 Å². The van der Waals surface area contributed by atoms with Gasteiger partial charge in [0.15, 0.2) is 0 Å². The van der Waals surface area contributed by atoms with E-state index in [0.717, 1.165) is 41.3 Å². The third-order valence-corrected chi connectivity index (χ3v) is 7.88. The van der Waals surface area contributed by atoms with Gasteiger partial charge in [-0.05, 0) is 71.6 Å². The first-order chi connectivity index (χ1) is 18.7. The molecule has 4 aromatic rings. The fourth-order valence-electron chi connectivity index (χ4n) is 4.52. The number of amides is 1. The second kappa shape index (κ2) is 11.1. The Hall–Kier alpha value is -3.92. The molecule has 200 valence electrons. The molecular formula is C29H28ClN5O3S. The number of aryl methyl sites for hydroxylation is 1. The number of aromatic nitrogens is 1. The van der Waals surface area contributed by atoms with E-state index in [4.69, 9.17) is 16.7 Å². The zero-order valence-electron chi connectivity index (χ0n) is 21.3. The lowest BCUT2D eigenvalue weighted by Gasteiger charge is -2.32. The molecule has 5 rings (SSSR count). The van der Waals surface area contributed by atoms with Gasteiger partial charge >= 0.3 is 0 Å². The number of carbonyl (C=O) groups excluding carboxylic acids is 1. The van der Waals surface area contributed by atoms with Crippen molar-refractivity contribution in [1.82, 2.24) is 10.3 Å². The van der Waals surface area contributed by atoms with Crippen molar-refractivity contribution in [2.45, 2.75) is 24.9 Å². The van der Waals surface area contributed by atoms with E-state index in [0.29, 0.717) is 17.1 Å². The quantitative estimate of drug-likeness (QED) is 0.300. The highest BCUT2D eigenvalue weighted by Gasteiger charge is 2.20. The summed E-state index contributed by atoms with van der Waals surface area (Å²) in [6.45, 7) is 4.66. The number of sulfonamides is 1. The van der Waals surface area contributed by atoms with E-state index < -0.39 is 10.0 Å². The fourth-order valence-corrected chi connectivity index (χ4v) is 5.23. The summed E-state index contributed by atoms with van der Waals surface area (Å²) in [7, 11) is -3.76. The molecule has 2 heterocycles. The van der Waals surface area contributed by atoms with E-state index in [1.807, 2.05) is 42.6 Å². The molecule has 1 aliphatic rings. The van der Waals surface area contributed by atoms with Crippen LogP contribution < -0.4 is 20.7 Å². The maximum Gasteiger partial charge on any atom is 0.251 e. The number of pyridine rings is 1. The van der Waals surface area contributed by atoms with Crippen LogP contribution in [0.15, 0.2) is 83.9 Å². The van der Waals surface area contributed by atoms with Gasteiger partial charge in [-0.3, -0.25) is 4.79 Å². The van der Waals surface area contributed by atoms with Crippen molar-refractivity contribution in [3.63, 3.8) is 0 Å². The molecule has 39 heavy (non-hydrogen) atoms. The average molecular weight is 562 g/mol. The summed E-state index contributed by atoms with van der Waals surface area (Å²) in [5.74, 6) is 0.588. The molecule has 10 heteroatoms. The number of carbonyl (C=O) groups is 1. The zero-order chi connectivity index (χ0) is 27.6. The maximum atomic E-state index is 12.9. The summed E-state index contributed by atoms with van der Waals surface area (Å²) in [6, 6.07) is 21.5. The lowest BCUT2D eigenvalue weighted by molar-refractivity contribution is 0.0951. The molecule has 1 amide bonds. The number of hydrogen-bond acceptors (Lipinski definition) is 6. The van der Waals surface area contributed by atoms with Crippen LogP contribution in [0.4, 0.5) is 11.5 Å². The molecule has 8 nitrogen and oxygen atoms in total. The van der Waals surface area contributed by atoms with E-state index in [9.17, 15) is 13.2 Å². The predicted octanol–water partition coefficient (Wildman–Crippen LogP) is 4.72. The normalized spacial score (nSPS) is 12.9. The van der Waals surface area contributed by atoms with Crippen molar-refractivity contribution in [2.75, 3.05) is 23.3 Å². The zero-order valence-corrected chi connectivity index (χ0v) is 22.9. The van der Waals surface area contributed by atoms with Crippen LogP contribution in [0.2, 0.25) is 5.02 Å². The number of rotatable bonds is 7. The van der Waals surface area contributed by atoms with Gasteiger partial charge in [-0.1, -0.05) is 41.9 Å². The van der Waals surface area contributed by atoms with Crippen LogP contribution in [0.25, 0.3) is 11.1 Å². The Morgan fingerprint density at radius 1 is 1.08 bits per heavy atom. The standard InChI is InChI=1S/C29H28ClN5O3S/c1-19-5-8-25(30)14-24(19)18-35-12-11-32-28-27(35)15-23(17-33-28)21-3-2-4-22(13-21)29(36)34-16-20-6-9-26(10-7-20)39(31,37)38/h2-10,13-15,17H,11-12,16,18H2,1H3,(H,32,33)(H,34,36)(H2,31,37,38). The fraction of sp³-hybridized carbons (Fsp3) is 0.172. The van der Waals surface area contributed by atoms with Gasteiger partial charge in [-0.2, -0.15) is 0 Å². The molecule has 0 radical (unpaired) electrons. The number of anilines is 2. The van der Waals surface area contributed by atoms with Gasteiger partial charge < -0.3 is 15.5 Å². The minimum Gasteiger partial charge on any atom is -0.367 e. The molecular weight excluding hydrogens is 534 g/mol. The lowest BCUT2D eigenvalue weighted by Crippen LogP contribution is -2.34. The SMILES string of the molecule is Cc1ccc(Cl)cc1CN1CCNc2ncc(-c3cccc(C(=O)NCc4ccc(S(N)(=O)=O)cc4)c3)cc21. The van der Waals surface area contributed by atoms with E-state index in [1.165, 1.54) is 23.3 Å². The molecule has 0 saturated carbocycles. The number of primary sulfonamides is 1. The van der Waals surface area contributed by atoms with Crippen molar-refractivity contribution in [2.24, 2.45) is 5.14 Å². The van der Waals surface area contributed by atoms with E-state index >= 15 is 0 Å². The molecule has 1 aromatic heterocycles. The Balaban J connectivity index is 1.33. The third-order valence-electron chi connectivity index (χ3n) is 6.72. The Bertz CT molecular complexity index is 1640. The maximum absolute atomic E-state index is 12.9. The number of hydrogen-bond donors (Lipinski definition) is 3. The van der Waals surface area contributed by atoms with Gasteiger partial charge in [0.1, 0.15) is 5.82 Å². The molecule has 0 bridgehead atoms. The molecule has 0 aliphatic carbocycles. The van der Waals surface area contributed by atoms with Crippen LogP contribution >= 0.6 is 11.6 Å². The minimum atomic E-state index is -3.76.